The van der Waals surface area contributed by atoms with Crippen LogP contribution >= 0.6 is 0 Å². The highest BCUT2D eigenvalue weighted by Crippen LogP contribution is 2.31. The summed E-state index contributed by atoms with van der Waals surface area (Å²) < 4.78 is 6.36. The van der Waals surface area contributed by atoms with Gasteiger partial charge in [-0.1, -0.05) is 25.5 Å². The van der Waals surface area contributed by atoms with Crippen LogP contribution in [0.25, 0.3) is 10.9 Å². The number of ether oxygens (including phenoxy) is 1. The molecule has 1 aromatic carbocycles. The summed E-state index contributed by atoms with van der Waals surface area (Å²) in [7, 11) is 1.94. The molecular weight excluding hydrogens is 260 g/mol. The van der Waals surface area contributed by atoms with Crippen LogP contribution in [0.3, 0.4) is 0 Å². The van der Waals surface area contributed by atoms with Crippen molar-refractivity contribution in [2.75, 3.05) is 7.05 Å². The van der Waals surface area contributed by atoms with E-state index in [0.717, 1.165) is 41.2 Å². The van der Waals surface area contributed by atoms with Crippen LogP contribution in [-0.2, 0) is 6.54 Å². The first kappa shape index (κ1) is 14.3. The van der Waals surface area contributed by atoms with Crippen molar-refractivity contribution in [3.63, 3.8) is 0 Å². The van der Waals surface area contributed by atoms with E-state index in [1.165, 1.54) is 19.3 Å². The highest BCUT2D eigenvalue weighted by molar-refractivity contribution is 5.85. The fourth-order valence-electron chi connectivity index (χ4n) is 3.23. The molecule has 0 saturated heterocycles. The Morgan fingerprint density at radius 2 is 2.14 bits per heavy atom. The zero-order valence-electron chi connectivity index (χ0n) is 12.9. The normalized spacial score (nSPS) is 22.4. The van der Waals surface area contributed by atoms with E-state index >= 15 is 0 Å². The Balaban J connectivity index is 1.91. The van der Waals surface area contributed by atoms with Crippen molar-refractivity contribution in [3.05, 3.63) is 36.0 Å². The van der Waals surface area contributed by atoms with E-state index in [1.54, 1.807) is 0 Å². The molecule has 0 spiro atoms. The number of para-hydroxylation sites is 1. The summed E-state index contributed by atoms with van der Waals surface area (Å²) in [6, 6.07) is 10.3. The molecule has 2 aromatic rings. The third-order valence-electron chi connectivity index (χ3n) is 4.27. The topological polar surface area (TPSA) is 34.1 Å². The Hall–Kier alpha value is -1.61. The SMILES string of the molecule is CNCc1cc(OC2CCCC(C)C2)c2ccccc2n1. The lowest BCUT2D eigenvalue weighted by Crippen LogP contribution is -2.24. The van der Waals surface area contributed by atoms with Gasteiger partial charge in [-0.2, -0.15) is 0 Å². The molecule has 2 atom stereocenters. The second-order valence-electron chi connectivity index (χ2n) is 6.17. The van der Waals surface area contributed by atoms with Crippen molar-refractivity contribution in [2.45, 2.75) is 45.3 Å². The van der Waals surface area contributed by atoms with E-state index in [9.17, 15) is 0 Å². The van der Waals surface area contributed by atoms with Crippen LogP contribution in [0.5, 0.6) is 5.75 Å². The summed E-state index contributed by atoms with van der Waals surface area (Å²) in [5.74, 6) is 1.76. The summed E-state index contributed by atoms with van der Waals surface area (Å²) in [6.07, 6.45) is 5.29. The van der Waals surface area contributed by atoms with E-state index in [2.05, 4.69) is 36.5 Å². The molecule has 1 N–H and O–H groups in total. The Labute approximate surface area is 126 Å². The molecule has 0 bridgehead atoms. The predicted octanol–water partition coefficient (Wildman–Crippen LogP) is 3.91. The van der Waals surface area contributed by atoms with Crippen molar-refractivity contribution in [3.8, 4) is 5.75 Å². The van der Waals surface area contributed by atoms with Gasteiger partial charge < -0.3 is 10.1 Å². The van der Waals surface area contributed by atoms with Crippen LogP contribution in [0.4, 0.5) is 0 Å². The molecule has 112 valence electrons. The molecular formula is C18H24N2O. The third-order valence-corrected chi connectivity index (χ3v) is 4.27. The third kappa shape index (κ3) is 3.35. The number of nitrogens with zero attached hydrogens (tertiary/aromatic N) is 1. The zero-order valence-corrected chi connectivity index (χ0v) is 12.9. The summed E-state index contributed by atoms with van der Waals surface area (Å²) in [5.41, 5.74) is 2.05. The molecule has 3 rings (SSSR count). The standard InChI is InChI=1S/C18H24N2O/c1-13-6-5-7-15(10-13)21-18-11-14(12-19-2)20-17-9-4-3-8-16(17)18/h3-4,8-9,11,13,15,19H,5-7,10,12H2,1-2H3. The Morgan fingerprint density at radius 1 is 1.29 bits per heavy atom. The van der Waals surface area contributed by atoms with Gasteiger partial charge in [-0.15, -0.1) is 0 Å². The number of pyridine rings is 1. The summed E-state index contributed by atoms with van der Waals surface area (Å²) in [4.78, 5) is 4.69. The smallest absolute Gasteiger partial charge is 0.130 e. The van der Waals surface area contributed by atoms with E-state index < -0.39 is 0 Å². The molecule has 1 heterocycles. The Bertz CT molecular complexity index is 611. The van der Waals surface area contributed by atoms with Gasteiger partial charge in [-0.05, 0) is 44.4 Å². The van der Waals surface area contributed by atoms with E-state index in [4.69, 9.17) is 9.72 Å². The minimum Gasteiger partial charge on any atom is -0.490 e. The Morgan fingerprint density at radius 3 is 2.95 bits per heavy atom. The maximum atomic E-state index is 6.36. The largest absolute Gasteiger partial charge is 0.490 e. The quantitative estimate of drug-likeness (QED) is 0.924. The molecule has 1 saturated carbocycles. The lowest BCUT2D eigenvalue weighted by Gasteiger charge is -2.28. The molecule has 0 aliphatic heterocycles. The maximum Gasteiger partial charge on any atom is 0.130 e. The first-order valence-electron chi connectivity index (χ1n) is 7.96. The van der Waals surface area contributed by atoms with Gasteiger partial charge in [-0.25, -0.2) is 0 Å². The predicted molar refractivity (Wildman–Crippen MR) is 86.6 cm³/mol. The van der Waals surface area contributed by atoms with E-state index in [-0.39, 0.29) is 0 Å². The van der Waals surface area contributed by atoms with E-state index in [0.29, 0.717) is 6.10 Å². The van der Waals surface area contributed by atoms with E-state index in [1.807, 2.05) is 13.1 Å². The first-order valence-corrected chi connectivity index (χ1v) is 7.96. The summed E-state index contributed by atoms with van der Waals surface area (Å²) in [6.45, 7) is 3.09. The molecule has 21 heavy (non-hydrogen) atoms. The monoisotopic (exact) mass is 284 g/mol. The summed E-state index contributed by atoms with van der Waals surface area (Å²) >= 11 is 0. The number of rotatable bonds is 4. The van der Waals surface area contributed by atoms with Crippen LogP contribution in [0.15, 0.2) is 30.3 Å². The number of hydrogen-bond acceptors (Lipinski definition) is 3. The fraction of sp³-hybridized carbons (Fsp3) is 0.500. The highest BCUT2D eigenvalue weighted by atomic mass is 16.5. The van der Waals surface area contributed by atoms with Gasteiger partial charge in [0.15, 0.2) is 0 Å². The molecule has 0 amide bonds. The van der Waals surface area contributed by atoms with Gasteiger partial charge in [0.2, 0.25) is 0 Å². The van der Waals surface area contributed by atoms with Gasteiger partial charge in [0.25, 0.3) is 0 Å². The average Bonchev–Trinajstić information content (AvgIpc) is 2.48. The van der Waals surface area contributed by atoms with Gasteiger partial charge in [-0.3, -0.25) is 4.98 Å². The number of aromatic nitrogens is 1. The van der Waals surface area contributed by atoms with Crippen molar-refractivity contribution in [2.24, 2.45) is 5.92 Å². The highest BCUT2D eigenvalue weighted by Gasteiger charge is 2.21. The molecule has 0 radical (unpaired) electrons. The minimum absolute atomic E-state index is 0.349. The maximum absolute atomic E-state index is 6.36. The lowest BCUT2D eigenvalue weighted by molar-refractivity contribution is 0.131. The molecule has 1 aliphatic carbocycles. The van der Waals surface area contributed by atoms with Crippen molar-refractivity contribution in [1.82, 2.24) is 10.3 Å². The van der Waals surface area contributed by atoms with Gasteiger partial charge in [0.05, 0.1) is 17.3 Å². The average molecular weight is 284 g/mol. The summed E-state index contributed by atoms with van der Waals surface area (Å²) in [5, 5.41) is 4.29. The molecule has 3 heteroatoms. The minimum atomic E-state index is 0.349. The molecule has 3 nitrogen and oxygen atoms in total. The number of nitrogens with one attached hydrogen (secondary N) is 1. The van der Waals surface area contributed by atoms with Crippen LogP contribution in [0.1, 0.15) is 38.3 Å². The molecule has 1 aliphatic rings. The number of hydrogen-bond donors (Lipinski definition) is 1. The molecule has 2 unspecified atom stereocenters. The van der Waals surface area contributed by atoms with Gasteiger partial charge >= 0.3 is 0 Å². The van der Waals surface area contributed by atoms with Crippen LogP contribution in [-0.4, -0.2) is 18.1 Å². The van der Waals surface area contributed by atoms with Crippen LogP contribution < -0.4 is 10.1 Å². The van der Waals surface area contributed by atoms with Crippen molar-refractivity contribution >= 4 is 10.9 Å². The van der Waals surface area contributed by atoms with Crippen LogP contribution in [0.2, 0.25) is 0 Å². The molecule has 1 aromatic heterocycles. The first-order chi connectivity index (χ1) is 10.3. The number of fused-ring (bicyclic) bond motifs is 1. The van der Waals surface area contributed by atoms with Crippen molar-refractivity contribution in [1.29, 1.82) is 0 Å². The molecule has 1 fully saturated rings. The lowest BCUT2D eigenvalue weighted by atomic mass is 9.88. The van der Waals surface area contributed by atoms with Gasteiger partial charge in [0, 0.05) is 18.0 Å². The Kier molecular flexibility index (Phi) is 4.39. The van der Waals surface area contributed by atoms with Gasteiger partial charge in [0.1, 0.15) is 5.75 Å². The van der Waals surface area contributed by atoms with Crippen LogP contribution in [0, 0.1) is 5.92 Å². The second kappa shape index (κ2) is 6.44. The zero-order chi connectivity index (χ0) is 14.7. The second-order valence-corrected chi connectivity index (χ2v) is 6.17. The fourth-order valence-corrected chi connectivity index (χ4v) is 3.23. The number of benzene rings is 1. The van der Waals surface area contributed by atoms with Crippen molar-refractivity contribution < 1.29 is 4.74 Å².